The number of hydrogen-bond donors (Lipinski definition) is 2. The molecule has 0 saturated heterocycles. The lowest BCUT2D eigenvalue weighted by Gasteiger charge is -2.34. The molecule has 2 heterocycles. The largest absolute Gasteiger partial charge is 0.573 e. The molecule has 1 aliphatic carbocycles. The molecular formula is C28H26F6N4O2. The van der Waals surface area contributed by atoms with Crippen molar-refractivity contribution in [3.8, 4) is 5.75 Å². The van der Waals surface area contributed by atoms with Gasteiger partial charge in [0.1, 0.15) is 11.9 Å². The van der Waals surface area contributed by atoms with Crippen molar-refractivity contribution in [3.63, 3.8) is 0 Å². The van der Waals surface area contributed by atoms with Crippen LogP contribution < -0.4 is 20.3 Å². The Kier molecular flexibility index (Phi) is 6.83. The Balaban J connectivity index is 1.48. The summed E-state index contributed by atoms with van der Waals surface area (Å²) in [4.78, 5) is 19.4. The Morgan fingerprint density at radius 1 is 1.02 bits per heavy atom. The molecule has 2 N–H and O–H groups in total. The number of allylic oxidation sites excluding steroid dienone is 1. The van der Waals surface area contributed by atoms with Gasteiger partial charge < -0.3 is 15.4 Å². The lowest BCUT2D eigenvalue weighted by Crippen LogP contribution is -2.50. The number of carbonyl (C=O) groups is 1. The minimum Gasteiger partial charge on any atom is -0.406 e. The fourth-order valence-corrected chi connectivity index (χ4v) is 4.78. The van der Waals surface area contributed by atoms with Gasteiger partial charge in [0.15, 0.2) is 0 Å². The Morgan fingerprint density at radius 2 is 1.73 bits per heavy atom. The normalized spacial score (nSPS) is 21.6. The average molecular weight is 565 g/mol. The van der Waals surface area contributed by atoms with Crippen molar-refractivity contribution in [1.82, 2.24) is 10.6 Å². The van der Waals surface area contributed by atoms with Gasteiger partial charge in [-0.05, 0) is 86.7 Å². The zero-order valence-electron chi connectivity index (χ0n) is 21.5. The third-order valence-corrected chi connectivity index (χ3v) is 6.94. The van der Waals surface area contributed by atoms with Gasteiger partial charge in [0, 0.05) is 17.6 Å². The second-order valence-corrected chi connectivity index (χ2v) is 10.4. The van der Waals surface area contributed by atoms with E-state index in [2.05, 4.69) is 20.4 Å². The second kappa shape index (κ2) is 9.90. The number of rotatable bonds is 7. The monoisotopic (exact) mass is 564 g/mol. The van der Waals surface area contributed by atoms with Gasteiger partial charge in [-0.3, -0.25) is 14.7 Å². The number of amides is 1. The minimum absolute atomic E-state index is 0.0675. The van der Waals surface area contributed by atoms with Crippen molar-refractivity contribution in [2.45, 2.75) is 57.0 Å². The molecule has 1 fully saturated rings. The van der Waals surface area contributed by atoms with Crippen LogP contribution in [0.1, 0.15) is 43.9 Å². The maximum absolute atomic E-state index is 13.7. The van der Waals surface area contributed by atoms with Crippen LogP contribution in [0.3, 0.4) is 0 Å². The van der Waals surface area contributed by atoms with Gasteiger partial charge >= 0.3 is 12.5 Å². The highest BCUT2D eigenvalue weighted by molar-refractivity contribution is 6.09. The van der Waals surface area contributed by atoms with E-state index in [9.17, 15) is 31.1 Å². The van der Waals surface area contributed by atoms with Crippen LogP contribution in [-0.4, -0.2) is 30.2 Å². The molecule has 2 aliphatic heterocycles. The summed E-state index contributed by atoms with van der Waals surface area (Å²) < 4.78 is 82.2. The number of benzene rings is 2. The lowest BCUT2D eigenvalue weighted by atomic mass is 9.97. The quantitative estimate of drug-likeness (QED) is 0.391. The minimum atomic E-state index is -4.92. The summed E-state index contributed by atoms with van der Waals surface area (Å²) in [6.07, 6.45) is -2.37. The maximum atomic E-state index is 13.7. The molecule has 0 spiro atoms. The van der Waals surface area contributed by atoms with Gasteiger partial charge in [0.25, 0.3) is 5.91 Å². The predicted molar refractivity (Wildman–Crippen MR) is 136 cm³/mol. The second-order valence-electron chi connectivity index (χ2n) is 10.4. The van der Waals surface area contributed by atoms with Crippen molar-refractivity contribution in [2.24, 2.45) is 10.9 Å². The zero-order valence-corrected chi connectivity index (χ0v) is 21.5. The van der Waals surface area contributed by atoms with Crippen LogP contribution in [0.15, 0.2) is 77.1 Å². The van der Waals surface area contributed by atoms with E-state index in [1.807, 2.05) is 13.8 Å². The molecular weight excluding hydrogens is 538 g/mol. The molecule has 6 nitrogen and oxygen atoms in total. The van der Waals surface area contributed by atoms with E-state index in [4.69, 9.17) is 0 Å². The summed E-state index contributed by atoms with van der Waals surface area (Å²) in [6.45, 7) is 3.72. The standard InChI is InChI=1S/C28H26F6N4O2/c1-26(2,23-12-13-35-24(36-23)16-6-7-16)37-21-15-22(17-4-3-5-20(14-17)40-28(32,33)34)38(25(21)39)19-10-8-18(9-11-19)27(29,30)31/h3-5,8-16,22,24,36-37H,6-7H2,1-2H3/t22-,24?/m1/s1. The number of nitrogens with zero attached hydrogens (tertiary/aromatic N) is 2. The van der Waals surface area contributed by atoms with E-state index in [0.29, 0.717) is 5.92 Å². The Labute approximate surface area is 226 Å². The zero-order chi connectivity index (χ0) is 28.9. The van der Waals surface area contributed by atoms with Gasteiger partial charge in [0.05, 0.1) is 22.8 Å². The highest BCUT2D eigenvalue weighted by Gasteiger charge is 2.40. The molecule has 2 atom stereocenters. The summed E-state index contributed by atoms with van der Waals surface area (Å²) in [5.41, 5.74) is -0.325. The SMILES string of the molecule is CC(C)(NC1=C[C@H](c2cccc(OC(F)(F)F)c2)N(c2ccc(C(F)(F)F)cc2)C1=O)C1=CC=NC(C2CC2)N1. The molecule has 0 bridgehead atoms. The van der Waals surface area contributed by atoms with Gasteiger partial charge in [0.2, 0.25) is 0 Å². The van der Waals surface area contributed by atoms with Crippen LogP contribution >= 0.6 is 0 Å². The van der Waals surface area contributed by atoms with Crippen LogP contribution in [0.5, 0.6) is 5.75 Å². The van der Waals surface area contributed by atoms with Crippen LogP contribution in [0, 0.1) is 5.92 Å². The van der Waals surface area contributed by atoms with Crippen LogP contribution in [0.2, 0.25) is 0 Å². The van der Waals surface area contributed by atoms with Gasteiger partial charge in [-0.1, -0.05) is 12.1 Å². The number of halogens is 6. The number of ether oxygens (including phenoxy) is 1. The Morgan fingerprint density at radius 3 is 2.35 bits per heavy atom. The smallest absolute Gasteiger partial charge is 0.406 e. The summed E-state index contributed by atoms with van der Waals surface area (Å²) in [7, 11) is 0. The Bertz CT molecular complexity index is 1370. The number of hydrogen-bond acceptors (Lipinski definition) is 5. The molecule has 0 radical (unpaired) electrons. The van der Waals surface area contributed by atoms with Crippen molar-refractivity contribution in [2.75, 3.05) is 4.90 Å². The number of aliphatic imine (C=N–C) groups is 1. The molecule has 1 unspecified atom stereocenters. The summed E-state index contributed by atoms with van der Waals surface area (Å²) in [6, 6.07) is 8.25. The number of alkyl halides is 6. The molecule has 0 aromatic heterocycles. The topological polar surface area (TPSA) is 66.0 Å². The van der Waals surface area contributed by atoms with E-state index in [0.717, 1.165) is 54.9 Å². The molecule has 2 aromatic rings. The van der Waals surface area contributed by atoms with Crippen molar-refractivity contribution in [1.29, 1.82) is 0 Å². The van der Waals surface area contributed by atoms with E-state index >= 15 is 0 Å². The highest BCUT2D eigenvalue weighted by Crippen LogP contribution is 2.40. The molecule has 3 aliphatic rings. The van der Waals surface area contributed by atoms with Crippen molar-refractivity contribution < 1.29 is 35.9 Å². The fraction of sp³-hybridized carbons (Fsp3) is 0.357. The molecule has 5 rings (SSSR count). The van der Waals surface area contributed by atoms with E-state index in [1.54, 1.807) is 18.4 Å². The first-order valence-electron chi connectivity index (χ1n) is 12.6. The van der Waals surface area contributed by atoms with E-state index in [-0.39, 0.29) is 23.1 Å². The Hall–Kier alpha value is -3.96. The van der Waals surface area contributed by atoms with Gasteiger partial charge in [-0.25, -0.2) is 0 Å². The van der Waals surface area contributed by atoms with E-state index < -0.39 is 41.3 Å². The molecule has 1 amide bonds. The van der Waals surface area contributed by atoms with E-state index in [1.165, 1.54) is 17.0 Å². The van der Waals surface area contributed by atoms with Crippen molar-refractivity contribution in [3.05, 3.63) is 83.2 Å². The third kappa shape index (κ3) is 5.95. The number of nitrogens with one attached hydrogen (secondary N) is 2. The summed E-state index contributed by atoms with van der Waals surface area (Å²) >= 11 is 0. The van der Waals surface area contributed by atoms with Gasteiger partial charge in [-0.2, -0.15) is 13.2 Å². The van der Waals surface area contributed by atoms with Crippen LogP contribution in [-0.2, 0) is 11.0 Å². The fourth-order valence-electron chi connectivity index (χ4n) is 4.78. The maximum Gasteiger partial charge on any atom is 0.573 e. The average Bonchev–Trinajstić information content (AvgIpc) is 3.68. The first-order chi connectivity index (χ1) is 18.7. The van der Waals surface area contributed by atoms with Crippen LogP contribution in [0.25, 0.3) is 0 Å². The summed E-state index contributed by atoms with van der Waals surface area (Å²) in [5.74, 6) is -0.598. The van der Waals surface area contributed by atoms with Crippen molar-refractivity contribution >= 4 is 17.8 Å². The third-order valence-electron chi connectivity index (χ3n) is 6.94. The predicted octanol–water partition coefficient (Wildman–Crippen LogP) is 6.24. The molecule has 2 aromatic carbocycles. The first-order valence-corrected chi connectivity index (χ1v) is 12.6. The van der Waals surface area contributed by atoms with Crippen LogP contribution in [0.4, 0.5) is 32.0 Å². The molecule has 12 heteroatoms. The molecule has 1 saturated carbocycles. The highest BCUT2D eigenvalue weighted by atomic mass is 19.4. The molecule has 212 valence electrons. The number of anilines is 1. The number of carbonyl (C=O) groups excluding carboxylic acids is 1. The lowest BCUT2D eigenvalue weighted by molar-refractivity contribution is -0.274. The summed E-state index contributed by atoms with van der Waals surface area (Å²) in [5, 5.41) is 6.63. The first kappa shape index (κ1) is 27.6. The molecule has 40 heavy (non-hydrogen) atoms. The van der Waals surface area contributed by atoms with Gasteiger partial charge in [-0.15, -0.1) is 13.2 Å².